The molecule has 45 valence electrons. The fourth-order valence-corrected chi connectivity index (χ4v) is 0.462. The summed E-state index contributed by atoms with van der Waals surface area (Å²) in [6, 6.07) is 0. The van der Waals surface area contributed by atoms with Crippen LogP contribution in [0.25, 0.3) is 0 Å². The molecule has 0 saturated heterocycles. The highest BCUT2D eigenvalue weighted by Crippen LogP contribution is 1.98. The van der Waals surface area contributed by atoms with E-state index in [1.807, 2.05) is 0 Å². The molecule has 1 heterocycles. The SMILES string of the molecule is O=[C]C1=CC=CC=CO1. The average Bonchev–Trinajstić information content (AvgIpc) is 2.13. The van der Waals surface area contributed by atoms with Gasteiger partial charge in [-0.15, -0.1) is 0 Å². The van der Waals surface area contributed by atoms with E-state index in [9.17, 15) is 4.79 Å². The third-order valence-corrected chi connectivity index (χ3v) is 0.844. The summed E-state index contributed by atoms with van der Waals surface area (Å²) in [4.78, 5) is 9.93. The number of rotatable bonds is 1. The molecule has 2 heteroatoms. The Hall–Kier alpha value is -1.31. The van der Waals surface area contributed by atoms with Crippen molar-refractivity contribution < 1.29 is 9.53 Å². The first-order valence-corrected chi connectivity index (χ1v) is 2.52. The van der Waals surface area contributed by atoms with E-state index in [0.29, 0.717) is 0 Å². The van der Waals surface area contributed by atoms with Gasteiger partial charge in [-0.05, 0) is 12.2 Å². The number of hydrogen-bond donors (Lipinski definition) is 0. The summed E-state index contributed by atoms with van der Waals surface area (Å²) < 4.78 is 4.75. The summed E-state index contributed by atoms with van der Waals surface area (Å²) in [6.07, 6.45) is 9.79. The van der Waals surface area contributed by atoms with Gasteiger partial charge in [0.25, 0.3) is 6.29 Å². The summed E-state index contributed by atoms with van der Waals surface area (Å²) >= 11 is 0. The molecule has 0 aromatic rings. The maximum Gasteiger partial charge on any atom is 0.271 e. The van der Waals surface area contributed by atoms with Gasteiger partial charge < -0.3 is 4.74 Å². The second-order valence-electron chi connectivity index (χ2n) is 1.46. The minimum Gasteiger partial charge on any atom is -0.461 e. The van der Waals surface area contributed by atoms with E-state index in [1.165, 1.54) is 6.26 Å². The van der Waals surface area contributed by atoms with E-state index in [1.54, 1.807) is 30.6 Å². The largest absolute Gasteiger partial charge is 0.461 e. The topological polar surface area (TPSA) is 26.3 Å². The van der Waals surface area contributed by atoms with Crippen molar-refractivity contribution in [2.75, 3.05) is 0 Å². The number of allylic oxidation sites excluding steroid dienone is 5. The van der Waals surface area contributed by atoms with Gasteiger partial charge in [0.2, 0.25) is 0 Å². The van der Waals surface area contributed by atoms with Crippen molar-refractivity contribution in [3.63, 3.8) is 0 Å². The van der Waals surface area contributed by atoms with Crippen LogP contribution in [0.2, 0.25) is 0 Å². The Balaban J connectivity index is 2.73. The fraction of sp³-hybridized carbons (Fsp3) is 0. The van der Waals surface area contributed by atoms with Gasteiger partial charge in [0.05, 0.1) is 6.26 Å². The first-order chi connectivity index (χ1) is 4.43. The maximum atomic E-state index is 9.93. The first-order valence-electron chi connectivity index (χ1n) is 2.52. The predicted molar refractivity (Wildman–Crippen MR) is 33.1 cm³/mol. The Labute approximate surface area is 53.1 Å². The molecular formula is C7H5O2. The van der Waals surface area contributed by atoms with Gasteiger partial charge in [-0.3, -0.25) is 4.79 Å². The number of carbonyl (C=O) groups excluding carboxylic acids is 1. The lowest BCUT2D eigenvalue weighted by Crippen LogP contribution is -1.83. The predicted octanol–water partition coefficient (Wildman–Crippen LogP) is 1.08. The average molecular weight is 121 g/mol. The third-order valence-electron chi connectivity index (χ3n) is 0.844. The van der Waals surface area contributed by atoms with E-state index in [0.717, 1.165) is 0 Å². The van der Waals surface area contributed by atoms with Crippen molar-refractivity contribution in [3.8, 4) is 0 Å². The van der Waals surface area contributed by atoms with Crippen LogP contribution in [0.5, 0.6) is 0 Å². The van der Waals surface area contributed by atoms with Gasteiger partial charge in [-0.1, -0.05) is 12.2 Å². The Morgan fingerprint density at radius 1 is 1.33 bits per heavy atom. The van der Waals surface area contributed by atoms with Crippen molar-refractivity contribution in [2.24, 2.45) is 0 Å². The standard InChI is InChI=1S/C7H5O2/c8-6-7-4-2-1-3-5-9-7/h1-5H. The molecule has 0 atom stereocenters. The lowest BCUT2D eigenvalue weighted by molar-refractivity contribution is 0.370. The van der Waals surface area contributed by atoms with Gasteiger partial charge in [-0.2, -0.15) is 0 Å². The molecule has 0 saturated carbocycles. The highest BCUT2D eigenvalue weighted by molar-refractivity contribution is 5.71. The molecule has 2 nitrogen and oxygen atoms in total. The summed E-state index contributed by atoms with van der Waals surface area (Å²) in [5.41, 5.74) is 0. The van der Waals surface area contributed by atoms with Gasteiger partial charge >= 0.3 is 0 Å². The smallest absolute Gasteiger partial charge is 0.271 e. The van der Waals surface area contributed by atoms with Crippen LogP contribution in [-0.4, -0.2) is 6.29 Å². The van der Waals surface area contributed by atoms with E-state index in [2.05, 4.69) is 0 Å². The zero-order valence-electron chi connectivity index (χ0n) is 4.70. The highest BCUT2D eigenvalue weighted by Gasteiger charge is 1.92. The monoisotopic (exact) mass is 121 g/mol. The van der Waals surface area contributed by atoms with Gasteiger partial charge in [0.1, 0.15) is 0 Å². The van der Waals surface area contributed by atoms with Crippen molar-refractivity contribution in [1.82, 2.24) is 0 Å². The Morgan fingerprint density at radius 3 is 3.00 bits per heavy atom. The molecule has 9 heavy (non-hydrogen) atoms. The quantitative estimate of drug-likeness (QED) is 0.518. The van der Waals surface area contributed by atoms with Gasteiger partial charge in [0.15, 0.2) is 5.76 Å². The second-order valence-corrected chi connectivity index (χ2v) is 1.46. The van der Waals surface area contributed by atoms with Crippen LogP contribution in [-0.2, 0) is 9.53 Å². The third kappa shape index (κ3) is 1.57. The van der Waals surface area contributed by atoms with E-state index in [4.69, 9.17) is 4.74 Å². The minimum absolute atomic E-state index is 0.208. The van der Waals surface area contributed by atoms with Gasteiger partial charge in [0, 0.05) is 0 Å². The lowest BCUT2D eigenvalue weighted by atomic mass is 10.4. The molecule has 0 bridgehead atoms. The fourth-order valence-electron chi connectivity index (χ4n) is 0.462. The Bertz CT molecular complexity index is 187. The molecule has 1 radical (unpaired) electrons. The minimum atomic E-state index is 0.208. The molecule has 0 N–H and O–H groups in total. The molecule has 0 amide bonds. The van der Waals surface area contributed by atoms with Crippen molar-refractivity contribution >= 4 is 6.29 Å². The molecule has 0 aliphatic carbocycles. The van der Waals surface area contributed by atoms with Crippen molar-refractivity contribution in [1.29, 1.82) is 0 Å². The molecular weight excluding hydrogens is 116 g/mol. The zero-order chi connectivity index (χ0) is 6.53. The Morgan fingerprint density at radius 2 is 2.22 bits per heavy atom. The van der Waals surface area contributed by atoms with E-state index in [-0.39, 0.29) is 5.76 Å². The number of ether oxygens (including phenoxy) is 1. The maximum absolute atomic E-state index is 9.93. The number of hydrogen-bond acceptors (Lipinski definition) is 2. The normalized spacial score (nSPS) is 15.8. The molecule has 1 rings (SSSR count). The molecule has 0 unspecified atom stereocenters. The van der Waals surface area contributed by atoms with Crippen LogP contribution in [0.3, 0.4) is 0 Å². The van der Waals surface area contributed by atoms with Crippen molar-refractivity contribution in [3.05, 3.63) is 36.3 Å². The highest BCUT2D eigenvalue weighted by atomic mass is 16.5. The second kappa shape index (κ2) is 2.87. The molecule has 0 fully saturated rings. The molecule has 1 aliphatic rings. The summed E-state index contributed by atoms with van der Waals surface area (Å²) in [7, 11) is 0. The van der Waals surface area contributed by atoms with Crippen LogP contribution in [0.1, 0.15) is 0 Å². The summed E-state index contributed by atoms with van der Waals surface area (Å²) in [5.74, 6) is 0.208. The molecule has 0 spiro atoms. The molecule has 0 aromatic heterocycles. The van der Waals surface area contributed by atoms with Crippen molar-refractivity contribution in [2.45, 2.75) is 0 Å². The first kappa shape index (κ1) is 5.82. The van der Waals surface area contributed by atoms with E-state index >= 15 is 0 Å². The van der Waals surface area contributed by atoms with Gasteiger partial charge in [-0.25, -0.2) is 0 Å². The summed E-state index contributed by atoms with van der Waals surface area (Å²) in [6.45, 7) is 0. The van der Waals surface area contributed by atoms with Crippen LogP contribution in [0, 0.1) is 0 Å². The van der Waals surface area contributed by atoms with Crippen LogP contribution < -0.4 is 0 Å². The van der Waals surface area contributed by atoms with Crippen LogP contribution >= 0.6 is 0 Å². The molecule has 1 aliphatic heterocycles. The summed E-state index contributed by atoms with van der Waals surface area (Å²) in [5, 5.41) is 0. The Kier molecular flexibility index (Phi) is 1.85. The lowest BCUT2D eigenvalue weighted by Gasteiger charge is -1.90. The van der Waals surface area contributed by atoms with Crippen LogP contribution in [0.15, 0.2) is 36.3 Å². The zero-order valence-corrected chi connectivity index (χ0v) is 4.70. The van der Waals surface area contributed by atoms with Crippen LogP contribution in [0.4, 0.5) is 0 Å². The van der Waals surface area contributed by atoms with E-state index < -0.39 is 0 Å². The molecule has 0 aromatic carbocycles.